The van der Waals surface area contributed by atoms with Gasteiger partial charge in [0.1, 0.15) is 0 Å². The Kier molecular flexibility index (Phi) is 6.18. The molecule has 0 saturated carbocycles. The van der Waals surface area contributed by atoms with Crippen molar-refractivity contribution in [2.75, 3.05) is 18.1 Å². The van der Waals surface area contributed by atoms with E-state index in [0.29, 0.717) is 6.54 Å². The maximum atomic E-state index is 10.5. The van der Waals surface area contributed by atoms with Crippen molar-refractivity contribution in [1.82, 2.24) is 4.72 Å². The van der Waals surface area contributed by atoms with E-state index < -0.39 is 10.0 Å². The van der Waals surface area contributed by atoms with Crippen molar-refractivity contribution in [1.29, 1.82) is 0 Å². The van der Waals surface area contributed by atoms with E-state index in [9.17, 15) is 8.42 Å². The lowest BCUT2D eigenvalue weighted by Crippen LogP contribution is -2.22. The zero-order valence-corrected chi connectivity index (χ0v) is 9.04. The third kappa shape index (κ3) is 10.4. The summed E-state index contributed by atoms with van der Waals surface area (Å²) < 4.78 is 23.5. The minimum absolute atomic E-state index is 0.561. The maximum Gasteiger partial charge on any atom is 0.208 e. The van der Waals surface area contributed by atoms with E-state index in [-0.39, 0.29) is 0 Å². The summed E-state index contributed by atoms with van der Waals surface area (Å²) >= 11 is 3.30. The van der Waals surface area contributed by atoms with Gasteiger partial charge in [-0.25, -0.2) is 13.1 Å². The molecule has 0 aliphatic rings. The van der Waals surface area contributed by atoms with Crippen LogP contribution >= 0.6 is 15.9 Å². The van der Waals surface area contributed by atoms with Crippen LogP contribution in [0.5, 0.6) is 0 Å². The van der Waals surface area contributed by atoms with Crippen LogP contribution in [-0.2, 0) is 10.0 Å². The van der Waals surface area contributed by atoms with E-state index in [1.54, 1.807) is 0 Å². The number of unbranched alkanes of at least 4 members (excludes halogenated alkanes) is 2. The van der Waals surface area contributed by atoms with Crippen LogP contribution in [0.2, 0.25) is 0 Å². The van der Waals surface area contributed by atoms with Gasteiger partial charge in [0, 0.05) is 11.9 Å². The van der Waals surface area contributed by atoms with Crippen molar-refractivity contribution in [3.05, 3.63) is 0 Å². The molecular formula is C6H14BrNO2S. The number of hydrogen-bond donors (Lipinski definition) is 1. The van der Waals surface area contributed by atoms with E-state index in [4.69, 9.17) is 0 Å². The van der Waals surface area contributed by atoms with Gasteiger partial charge in [-0.2, -0.15) is 0 Å². The average Bonchev–Trinajstić information content (AvgIpc) is 1.85. The molecule has 0 bridgehead atoms. The smallest absolute Gasteiger partial charge is 0.208 e. The molecule has 0 amide bonds. The van der Waals surface area contributed by atoms with Gasteiger partial charge in [0.05, 0.1) is 6.26 Å². The van der Waals surface area contributed by atoms with E-state index in [2.05, 4.69) is 20.7 Å². The van der Waals surface area contributed by atoms with E-state index in [1.165, 1.54) is 6.26 Å². The quantitative estimate of drug-likeness (QED) is 0.561. The third-order valence-corrected chi connectivity index (χ3v) is 2.46. The Morgan fingerprint density at radius 2 is 1.91 bits per heavy atom. The second-order valence-corrected chi connectivity index (χ2v) is 5.04. The summed E-state index contributed by atoms with van der Waals surface area (Å²) in [6, 6.07) is 0. The zero-order chi connectivity index (χ0) is 8.74. The standard InChI is InChI=1S/C6H14BrNO2S/c1-11(9,10)8-6-4-2-3-5-7/h8H,2-6H2,1H3. The fourth-order valence-electron chi connectivity index (χ4n) is 0.654. The van der Waals surface area contributed by atoms with Crippen LogP contribution in [0.3, 0.4) is 0 Å². The summed E-state index contributed by atoms with van der Waals surface area (Å²) in [5, 5.41) is 0.992. The predicted molar refractivity (Wildman–Crippen MR) is 50.5 cm³/mol. The molecule has 0 atom stereocenters. The normalized spacial score (nSPS) is 11.8. The Hall–Kier alpha value is 0.390. The van der Waals surface area contributed by atoms with E-state index in [0.717, 1.165) is 24.6 Å². The van der Waals surface area contributed by atoms with E-state index in [1.807, 2.05) is 0 Å². The van der Waals surface area contributed by atoms with Crippen molar-refractivity contribution in [3.8, 4) is 0 Å². The summed E-state index contributed by atoms with van der Waals surface area (Å²) in [6.07, 6.45) is 4.26. The highest BCUT2D eigenvalue weighted by atomic mass is 79.9. The van der Waals surface area contributed by atoms with Gasteiger partial charge >= 0.3 is 0 Å². The molecule has 0 aromatic heterocycles. The maximum absolute atomic E-state index is 10.5. The Balaban J connectivity index is 3.16. The lowest BCUT2D eigenvalue weighted by Gasteiger charge is -1.99. The highest BCUT2D eigenvalue weighted by Gasteiger charge is 1.97. The fourth-order valence-corrected chi connectivity index (χ4v) is 1.57. The number of rotatable bonds is 6. The van der Waals surface area contributed by atoms with Gasteiger partial charge in [0.2, 0.25) is 10.0 Å². The topological polar surface area (TPSA) is 46.2 Å². The predicted octanol–water partition coefficient (Wildman–Crippen LogP) is 1.10. The van der Waals surface area contributed by atoms with Crippen LogP contribution in [0.15, 0.2) is 0 Å². The largest absolute Gasteiger partial charge is 0.215 e. The Labute approximate surface area is 76.7 Å². The second kappa shape index (κ2) is 5.97. The van der Waals surface area contributed by atoms with Gasteiger partial charge < -0.3 is 0 Å². The van der Waals surface area contributed by atoms with Gasteiger partial charge in [0.15, 0.2) is 0 Å². The highest BCUT2D eigenvalue weighted by molar-refractivity contribution is 9.09. The molecule has 0 heterocycles. The summed E-state index contributed by atoms with van der Waals surface area (Å²) in [5.41, 5.74) is 0. The Bertz CT molecular complexity index is 179. The van der Waals surface area contributed by atoms with Crippen LogP contribution in [0.25, 0.3) is 0 Å². The average molecular weight is 244 g/mol. The molecule has 3 nitrogen and oxygen atoms in total. The molecule has 5 heteroatoms. The molecule has 0 fully saturated rings. The molecule has 0 spiro atoms. The molecule has 0 aliphatic heterocycles. The van der Waals surface area contributed by atoms with E-state index >= 15 is 0 Å². The first-order chi connectivity index (χ1) is 5.06. The van der Waals surface area contributed by atoms with Crippen molar-refractivity contribution >= 4 is 26.0 Å². The van der Waals surface area contributed by atoms with Gasteiger partial charge in [-0.1, -0.05) is 22.4 Å². The van der Waals surface area contributed by atoms with Crippen LogP contribution in [-0.4, -0.2) is 26.5 Å². The highest BCUT2D eigenvalue weighted by Crippen LogP contribution is 1.97. The lowest BCUT2D eigenvalue weighted by molar-refractivity contribution is 0.582. The molecule has 1 N–H and O–H groups in total. The van der Waals surface area contributed by atoms with Crippen molar-refractivity contribution in [2.24, 2.45) is 0 Å². The molecule has 0 rings (SSSR count). The van der Waals surface area contributed by atoms with Crippen LogP contribution in [0, 0.1) is 0 Å². The summed E-state index contributed by atoms with van der Waals surface area (Å²) in [5.74, 6) is 0. The molecule has 0 aromatic carbocycles. The first-order valence-corrected chi connectivity index (χ1v) is 6.58. The second-order valence-electron chi connectivity index (χ2n) is 2.42. The first-order valence-electron chi connectivity index (χ1n) is 3.57. The van der Waals surface area contributed by atoms with Crippen molar-refractivity contribution < 1.29 is 8.42 Å². The Morgan fingerprint density at radius 1 is 1.27 bits per heavy atom. The first kappa shape index (κ1) is 11.4. The third-order valence-electron chi connectivity index (χ3n) is 1.17. The monoisotopic (exact) mass is 243 g/mol. The van der Waals surface area contributed by atoms with Gasteiger partial charge in [0.25, 0.3) is 0 Å². The lowest BCUT2D eigenvalue weighted by atomic mass is 10.3. The number of sulfonamides is 1. The number of halogens is 1. The number of alkyl halides is 1. The summed E-state index contributed by atoms with van der Waals surface area (Å²) in [6.45, 7) is 0.561. The molecule has 68 valence electrons. The molecule has 11 heavy (non-hydrogen) atoms. The minimum Gasteiger partial charge on any atom is -0.215 e. The fraction of sp³-hybridized carbons (Fsp3) is 1.00. The van der Waals surface area contributed by atoms with Crippen LogP contribution in [0.4, 0.5) is 0 Å². The van der Waals surface area contributed by atoms with Gasteiger partial charge in [-0.15, -0.1) is 0 Å². The molecule has 0 saturated heterocycles. The van der Waals surface area contributed by atoms with Gasteiger partial charge in [-0.3, -0.25) is 0 Å². The Morgan fingerprint density at radius 3 is 2.36 bits per heavy atom. The SMILES string of the molecule is CS(=O)(=O)NCCCCCBr. The van der Waals surface area contributed by atoms with Crippen molar-refractivity contribution in [3.63, 3.8) is 0 Å². The van der Waals surface area contributed by atoms with Crippen LogP contribution in [0.1, 0.15) is 19.3 Å². The number of nitrogens with one attached hydrogen (secondary N) is 1. The number of hydrogen-bond acceptors (Lipinski definition) is 2. The van der Waals surface area contributed by atoms with Crippen LogP contribution < -0.4 is 4.72 Å². The molecule has 0 aromatic rings. The summed E-state index contributed by atoms with van der Waals surface area (Å²) in [4.78, 5) is 0. The molecule has 0 aliphatic carbocycles. The molecule has 0 unspecified atom stereocenters. The minimum atomic E-state index is -2.97. The molecular weight excluding hydrogens is 230 g/mol. The molecule has 0 radical (unpaired) electrons. The zero-order valence-electron chi connectivity index (χ0n) is 6.64. The summed E-state index contributed by atoms with van der Waals surface area (Å²) in [7, 11) is -2.97. The van der Waals surface area contributed by atoms with Crippen molar-refractivity contribution in [2.45, 2.75) is 19.3 Å². The van der Waals surface area contributed by atoms with Gasteiger partial charge in [-0.05, 0) is 12.8 Å².